The first-order valence-corrected chi connectivity index (χ1v) is 6.66. The van der Waals surface area contributed by atoms with Crippen LogP contribution in [0.15, 0.2) is 0 Å². The smallest absolute Gasteiger partial charge is 0.329 e. The predicted molar refractivity (Wildman–Crippen MR) is 73.9 cm³/mol. The normalized spacial score (nSPS) is 13.0. The third kappa shape index (κ3) is 13.5. The monoisotopic (exact) mass is 307 g/mol. The van der Waals surface area contributed by atoms with Crippen LogP contribution < -0.4 is 5.73 Å². The molecular weight excluding hydrogens is 282 g/mol. The van der Waals surface area contributed by atoms with Crippen molar-refractivity contribution in [2.24, 2.45) is 5.73 Å². The summed E-state index contributed by atoms with van der Waals surface area (Å²) in [5.41, 5.74) is 5.04. The van der Waals surface area contributed by atoms with Gasteiger partial charge in [0.15, 0.2) is 0 Å². The SMILES string of the molecule is CC(C)(C)OC(=O)[C@H](N)COCCOCCOCC(=O)O. The molecule has 0 aromatic carbocycles. The molecule has 8 nitrogen and oxygen atoms in total. The van der Waals surface area contributed by atoms with E-state index in [0.717, 1.165) is 0 Å². The van der Waals surface area contributed by atoms with Crippen molar-refractivity contribution >= 4 is 11.9 Å². The summed E-state index contributed by atoms with van der Waals surface area (Å²) in [4.78, 5) is 21.7. The Morgan fingerprint density at radius 1 is 1.05 bits per heavy atom. The first-order valence-electron chi connectivity index (χ1n) is 6.66. The molecule has 0 aromatic heterocycles. The maximum atomic E-state index is 11.5. The minimum Gasteiger partial charge on any atom is -0.480 e. The molecule has 0 fully saturated rings. The Bertz CT molecular complexity index is 314. The van der Waals surface area contributed by atoms with E-state index in [-0.39, 0.29) is 33.0 Å². The quantitative estimate of drug-likeness (QED) is 0.398. The Balaban J connectivity index is 3.46. The molecule has 0 rings (SSSR count). The zero-order valence-electron chi connectivity index (χ0n) is 12.8. The van der Waals surface area contributed by atoms with Crippen molar-refractivity contribution in [3.8, 4) is 0 Å². The molecule has 0 spiro atoms. The van der Waals surface area contributed by atoms with Crippen LogP contribution >= 0.6 is 0 Å². The predicted octanol–water partition coefficient (Wildman–Crippen LogP) is -0.210. The minimum absolute atomic E-state index is 0.0494. The summed E-state index contributed by atoms with van der Waals surface area (Å²) in [5.74, 6) is -1.53. The van der Waals surface area contributed by atoms with E-state index in [0.29, 0.717) is 6.61 Å². The first kappa shape index (κ1) is 19.8. The number of carbonyl (C=O) groups excluding carboxylic acids is 1. The molecule has 0 unspecified atom stereocenters. The zero-order valence-corrected chi connectivity index (χ0v) is 12.8. The Hall–Kier alpha value is -1.22. The fraction of sp³-hybridized carbons (Fsp3) is 0.846. The molecule has 21 heavy (non-hydrogen) atoms. The van der Waals surface area contributed by atoms with Gasteiger partial charge in [0.2, 0.25) is 0 Å². The molecule has 0 saturated carbocycles. The molecule has 0 aliphatic carbocycles. The maximum absolute atomic E-state index is 11.5. The van der Waals surface area contributed by atoms with Gasteiger partial charge in [-0.25, -0.2) is 4.79 Å². The number of esters is 1. The van der Waals surface area contributed by atoms with Crippen molar-refractivity contribution in [3.63, 3.8) is 0 Å². The minimum atomic E-state index is -1.02. The Kier molecular flexibility index (Phi) is 9.89. The summed E-state index contributed by atoms with van der Waals surface area (Å²) in [7, 11) is 0. The summed E-state index contributed by atoms with van der Waals surface area (Å²) < 4.78 is 20.2. The van der Waals surface area contributed by atoms with Gasteiger partial charge in [0.1, 0.15) is 18.2 Å². The third-order valence-electron chi connectivity index (χ3n) is 1.98. The van der Waals surface area contributed by atoms with Gasteiger partial charge in [-0.1, -0.05) is 0 Å². The lowest BCUT2D eigenvalue weighted by molar-refractivity contribution is -0.158. The fourth-order valence-electron chi connectivity index (χ4n) is 1.15. The summed E-state index contributed by atoms with van der Waals surface area (Å²) in [5, 5.41) is 8.32. The topological polar surface area (TPSA) is 117 Å². The number of carbonyl (C=O) groups is 2. The number of rotatable bonds is 11. The Morgan fingerprint density at radius 2 is 1.57 bits per heavy atom. The second-order valence-electron chi connectivity index (χ2n) is 5.27. The molecule has 3 N–H and O–H groups in total. The van der Waals surface area contributed by atoms with E-state index in [9.17, 15) is 9.59 Å². The van der Waals surface area contributed by atoms with Gasteiger partial charge in [0.05, 0.1) is 33.0 Å². The number of carboxylic acid groups (broad SMARTS) is 1. The van der Waals surface area contributed by atoms with Crippen LogP contribution in [0.25, 0.3) is 0 Å². The molecule has 0 amide bonds. The molecule has 0 bridgehead atoms. The van der Waals surface area contributed by atoms with Crippen molar-refractivity contribution < 1.29 is 33.6 Å². The van der Waals surface area contributed by atoms with Gasteiger partial charge in [-0.15, -0.1) is 0 Å². The fourth-order valence-corrected chi connectivity index (χ4v) is 1.15. The lowest BCUT2D eigenvalue weighted by Gasteiger charge is -2.22. The Labute approximate surface area is 124 Å². The van der Waals surface area contributed by atoms with Gasteiger partial charge in [0, 0.05) is 0 Å². The highest BCUT2D eigenvalue weighted by Crippen LogP contribution is 2.07. The average molecular weight is 307 g/mol. The highest BCUT2D eigenvalue weighted by Gasteiger charge is 2.22. The molecule has 0 radical (unpaired) electrons. The molecule has 124 valence electrons. The standard InChI is InChI=1S/C13H25NO7/c1-13(2,3)21-12(17)10(14)8-19-6-4-18-5-7-20-9-11(15)16/h10H,4-9,14H2,1-3H3,(H,15,16)/t10-/m1/s1. The Morgan fingerprint density at radius 3 is 2.10 bits per heavy atom. The van der Waals surface area contributed by atoms with Gasteiger partial charge in [-0.05, 0) is 20.8 Å². The number of hydrogen-bond acceptors (Lipinski definition) is 7. The summed E-state index contributed by atoms with van der Waals surface area (Å²) in [6.07, 6.45) is 0. The van der Waals surface area contributed by atoms with Crippen molar-refractivity contribution in [3.05, 3.63) is 0 Å². The molecule has 0 aromatic rings. The second-order valence-corrected chi connectivity index (χ2v) is 5.27. The van der Waals surface area contributed by atoms with Gasteiger partial charge >= 0.3 is 11.9 Å². The molecule has 8 heteroatoms. The molecule has 0 aliphatic rings. The van der Waals surface area contributed by atoms with Gasteiger partial charge < -0.3 is 29.8 Å². The van der Waals surface area contributed by atoms with Crippen molar-refractivity contribution in [2.45, 2.75) is 32.4 Å². The number of carboxylic acids is 1. The molecule has 0 saturated heterocycles. The van der Waals surface area contributed by atoms with Crippen LogP contribution in [-0.4, -0.2) is 68.3 Å². The van der Waals surface area contributed by atoms with E-state index >= 15 is 0 Å². The van der Waals surface area contributed by atoms with E-state index in [1.165, 1.54) is 0 Å². The van der Waals surface area contributed by atoms with Crippen LogP contribution in [0.1, 0.15) is 20.8 Å². The van der Waals surface area contributed by atoms with Crippen LogP contribution in [-0.2, 0) is 28.5 Å². The third-order valence-corrected chi connectivity index (χ3v) is 1.98. The van der Waals surface area contributed by atoms with Gasteiger partial charge in [0.25, 0.3) is 0 Å². The van der Waals surface area contributed by atoms with Crippen molar-refractivity contribution in [1.82, 2.24) is 0 Å². The van der Waals surface area contributed by atoms with E-state index < -0.39 is 23.6 Å². The van der Waals surface area contributed by atoms with Crippen molar-refractivity contribution in [1.29, 1.82) is 0 Å². The number of hydrogen-bond donors (Lipinski definition) is 2. The van der Waals surface area contributed by atoms with E-state index in [2.05, 4.69) is 0 Å². The van der Waals surface area contributed by atoms with Crippen LogP contribution in [0.5, 0.6) is 0 Å². The maximum Gasteiger partial charge on any atom is 0.329 e. The summed E-state index contributed by atoms with van der Waals surface area (Å²) in [6.45, 7) is 6.04. The zero-order chi connectivity index (χ0) is 16.3. The molecule has 0 heterocycles. The largest absolute Gasteiger partial charge is 0.480 e. The number of nitrogens with two attached hydrogens (primary N) is 1. The van der Waals surface area contributed by atoms with Crippen molar-refractivity contribution in [2.75, 3.05) is 39.6 Å². The lowest BCUT2D eigenvalue weighted by Crippen LogP contribution is -2.40. The summed E-state index contributed by atoms with van der Waals surface area (Å²) in [6, 6.07) is -0.830. The molecule has 0 aliphatic heterocycles. The lowest BCUT2D eigenvalue weighted by atomic mass is 10.2. The highest BCUT2D eigenvalue weighted by molar-refractivity contribution is 5.76. The van der Waals surface area contributed by atoms with Gasteiger partial charge in [-0.2, -0.15) is 0 Å². The van der Waals surface area contributed by atoms with Crippen LogP contribution in [0.4, 0.5) is 0 Å². The van der Waals surface area contributed by atoms with E-state index in [4.69, 9.17) is 29.8 Å². The highest BCUT2D eigenvalue weighted by atomic mass is 16.6. The van der Waals surface area contributed by atoms with Crippen LogP contribution in [0.2, 0.25) is 0 Å². The number of ether oxygens (including phenoxy) is 4. The van der Waals surface area contributed by atoms with Crippen LogP contribution in [0, 0.1) is 0 Å². The van der Waals surface area contributed by atoms with E-state index in [1.54, 1.807) is 20.8 Å². The van der Waals surface area contributed by atoms with Gasteiger partial charge in [-0.3, -0.25) is 4.79 Å². The second kappa shape index (κ2) is 10.5. The first-order chi connectivity index (χ1) is 9.72. The van der Waals surface area contributed by atoms with E-state index in [1.807, 2.05) is 0 Å². The summed E-state index contributed by atoms with van der Waals surface area (Å²) >= 11 is 0. The van der Waals surface area contributed by atoms with Crippen LogP contribution in [0.3, 0.4) is 0 Å². The average Bonchev–Trinajstić information content (AvgIpc) is 2.34. The molecule has 1 atom stereocenters. The molecular formula is C13H25NO7. The number of aliphatic carboxylic acids is 1.